The van der Waals surface area contributed by atoms with Crippen molar-refractivity contribution in [2.75, 3.05) is 6.61 Å². The first-order chi connectivity index (χ1) is 8.63. The third-order valence-corrected chi connectivity index (χ3v) is 3.62. The van der Waals surface area contributed by atoms with Gasteiger partial charge in [-0.15, -0.1) is 11.8 Å². The summed E-state index contributed by atoms with van der Waals surface area (Å²) in [4.78, 5) is 15.5. The largest absolute Gasteiger partial charge is 0.395 e. The molecule has 0 radical (unpaired) electrons. The lowest BCUT2D eigenvalue weighted by molar-refractivity contribution is -0.385. The number of nitro groups is 1. The van der Waals surface area contributed by atoms with Gasteiger partial charge in [-0.25, -0.2) is 0 Å². The molecule has 1 heterocycles. The molecular weight excluding hydrogens is 252 g/mol. The molecule has 0 saturated carbocycles. The molecule has 0 fully saturated rings. The molecule has 0 aliphatic rings. The second-order valence-corrected chi connectivity index (χ2v) is 5.33. The van der Waals surface area contributed by atoms with Crippen LogP contribution in [0.2, 0.25) is 0 Å². The van der Waals surface area contributed by atoms with E-state index < -0.39 is 4.92 Å². The molecule has 0 bridgehead atoms. The van der Waals surface area contributed by atoms with Crippen LogP contribution in [-0.2, 0) is 0 Å². The van der Waals surface area contributed by atoms with E-state index in [1.807, 2.05) is 6.92 Å². The molecule has 0 spiro atoms. The van der Waals surface area contributed by atoms with Gasteiger partial charge in [-0.3, -0.25) is 15.1 Å². The molecule has 1 aromatic heterocycles. The summed E-state index contributed by atoms with van der Waals surface area (Å²) < 4.78 is 0. The number of aliphatic hydroxyl groups excluding tert-OH is 1. The van der Waals surface area contributed by atoms with Crippen LogP contribution in [0.4, 0.5) is 5.69 Å². The van der Waals surface area contributed by atoms with Crippen molar-refractivity contribution in [3.8, 4) is 0 Å². The first-order valence-electron chi connectivity index (χ1n) is 5.43. The zero-order valence-corrected chi connectivity index (χ0v) is 10.6. The number of rotatable bonds is 4. The van der Waals surface area contributed by atoms with Crippen molar-refractivity contribution in [1.29, 1.82) is 0 Å². The summed E-state index contributed by atoms with van der Waals surface area (Å²) in [6.45, 7) is 1.80. The minimum Gasteiger partial charge on any atom is -0.395 e. The Morgan fingerprint density at radius 2 is 2.28 bits per heavy atom. The van der Waals surface area contributed by atoms with E-state index in [2.05, 4.69) is 4.98 Å². The molecular formula is C12H12N2O3S. The van der Waals surface area contributed by atoms with E-state index in [4.69, 9.17) is 5.11 Å². The van der Waals surface area contributed by atoms with Crippen molar-refractivity contribution in [2.45, 2.75) is 17.1 Å². The van der Waals surface area contributed by atoms with Gasteiger partial charge in [0.1, 0.15) is 0 Å². The number of hydrogen-bond acceptors (Lipinski definition) is 5. The van der Waals surface area contributed by atoms with E-state index in [1.54, 1.807) is 30.5 Å². The van der Waals surface area contributed by atoms with Crippen molar-refractivity contribution in [1.82, 2.24) is 4.98 Å². The Balaban J connectivity index is 2.59. The number of thioether (sulfide) groups is 1. The van der Waals surface area contributed by atoms with Crippen LogP contribution in [0.1, 0.15) is 6.92 Å². The summed E-state index contributed by atoms with van der Waals surface area (Å²) in [5, 5.41) is 20.7. The van der Waals surface area contributed by atoms with Gasteiger partial charge in [0, 0.05) is 11.4 Å². The zero-order valence-electron chi connectivity index (χ0n) is 9.74. The fraction of sp³-hybridized carbons (Fsp3) is 0.250. The highest BCUT2D eigenvalue weighted by molar-refractivity contribution is 8.00. The first-order valence-corrected chi connectivity index (χ1v) is 6.31. The fourth-order valence-corrected chi connectivity index (χ4v) is 2.61. The summed E-state index contributed by atoms with van der Waals surface area (Å²) in [6.07, 6.45) is 1.61. The molecule has 6 heteroatoms. The highest BCUT2D eigenvalue weighted by Crippen LogP contribution is 2.36. The maximum Gasteiger partial charge on any atom is 0.292 e. The quantitative estimate of drug-likeness (QED) is 0.522. The number of nitro benzene ring substituents is 1. The lowest BCUT2D eigenvalue weighted by Crippen LogP contribution is -2.03. The lowest BCUT2D eigenvalue weighted by Gasteiger charge is -2.09. The SMILES string of the molecule is CC(CO)Sc1ccc2ncccc2c1[N+](=O)[O-]. The fourth-order valence-electron chi connectivity index (χ4n) is 1.65. The van der Waals surface area contributed by atoms with Crippen molar-refractivity contribution >= 4 is 28.4 Å². The molecule has 18 heavy (non-hydrogen) atoms. The Morgan fingerprint density at radius 3 is 2.94 bits per heavy atom. The van der Waals surface area contributed by atoms with E-state index in [-0.39, 0.29) is 17.5 Å². The molecule has 1 atom stereocenters. The second-order valence-electron chi connectivity index (χ2n) is 3.85. The van der Waals surface area contributed by atoms with Crippen molar-refractivity contribution in [3.05, 3.63) is 40.6 Å². The minimum atomic E-state index is -0.392. The Labute approximate surface area is 108 Å². The molecule has 1 unspecified atom stereocenters. The van der Waals surface area contributed by atoms with Gasteiger partial charge in [0.2, 0.25) is 0 Å². The highest BCUT2D eigenvalue weighted by atomic mass is 32.2. The number of nitrogens with zero attached hydrogens (tertiary/aromatic N) is 2. The van der Waals surface area contributed by atoms with E-state index in [0.29, 0.717) is 15.8 Å². The standard InChI is InChI=1S/C12H12N2O3S/c1-8(7-15)18-11-5-4-10-9(3-2-6-13-10)12(11)14(16)17/h2-6,8,15H,7H2,1H3. The lowest BCUT2D eigenvalue weighted by atomic mass is 10.2. The van der Waals surface area contributed by atoms with Gasteiger partial charge in [-0.2, -0.15) is 0 Å². The van der Waals surface area contributed by atoms with Crippen LogP contribution < -0.4 is 0 Å². The highest BCUT2D eigenvalue weighted by Gasteiger charge is 2.20. The van der Waals surface area contributed by atoms with Gasteiger partial charge in [0.15, 0.2) is 0 Å². The molecule has 0 aliphatic heterocycles. The van der Waals surface area contributed by atoms with Crippen LogP contribution >= 0.6 is 11.8 Å². The molecule has 94 valence electrons. The number of fused-ring (bicyclic) bond motifs is 1. The van der Waals surface area contributed by atoms with Crippen LogP contribution in [-0.4, -0.2) is 26.9 Å². The average Bonchev–Trinajstić information content (AvgIpc) is 2.37. The van der Waals surface area contributed by atoms with Gasteiger partial charge in [0.25, 0.3) is 5.69 Å². The third-order valence-electron chi connectivity index (χ3n) is 2.49. The molecule has 0 saturated heterocycles. The summed E-state index contributed by atoms with van der Waals surface area (Å²) in [5.41, 5.74) is 0.663. The summed E-state index contributed by atoms with van der Waals surface area (Å²) in [5.74, 6) is 0. The number of hydrogen-bond donors (Lipinski definition) is 1. The number of benzene rings is 1. The second kappa shape index (κ2) is 5.32. The van der Waals surface area contributed by atoms with E-state index in [1.165, 1.54) is 11.8 Å². The number of aliphatic hydroxyl groups is 1. The monoisotopic (exact) mass is 264 g/mol. The number of pyridine rings is 1. The molecule has 2 rings (SSSR count). The maximum atomic E-state index is 11.2. The van der Waals surface area contributed by atoms with Crippen molar-refractivity contribution in [2.24, 2.45) is 0 Å². The van der Waals surface area contributed by atoms with Crippen molar-refractivity contribution < 1.29 is 10.0 Å². The zero-order chi connectivity index (χ0) is 13.1. The summed E-state index contributed by atoms with van der Waals surface area (Å²) >= 11 is 1.29. The normalized spacial score (nSPS) is 12.6. The smallest absolute Gasteiger partial charge is 0.292 e. The van der Waals surface area contributed by atoms with Gasteiger partial charge >= 0.3 is 0 Å². The molecule has 0 amide bonds. The third kappa shape index (κ3) is 2.44. The van der Waals surface area contributed by atoms with Gasteiger partial charge < -0.3 is 5.11 Å². The van der Waals surface area contributed by atoms with Gasteiger partial charge in [-0.1, -0.05) is 6.92 Å². The Kier molecular flexibility index (Phi) is 3.78. The molecule has 5 nitrogen and oxygen atoms in total. The van der Waals surface area contributed by atoms with Crippen molar-refractivity contribution in [3.63, 3.8) is 0 Å². The van der Waals surface area contributed by atoms with Crippen LogP contribution in [0, 0.1) is 10.1 Å². The average molecular weight is 264 g/mol. The molecule has 2 aromatic rings. The minimum absolute atomic E-state index is 0.0209. The van der Waals surface area contributed by atoms with E-state index >= 15 is 0 Å². The van der Waals surface area contributed by atoms with E-state index in [9.17, 15) is 10.1 Å². The summed E-state index contributed by atoms with van der Waals surface area (Å²) in [7, 11) is 0. The summed E-state index contributed by atoms with van der Waals surface area (Å²) in [6, 6.07) is 6.81. The predicted octanol–water partition coefficient (Wildman–Crippen LogP) is 2.62. The van der Waals surface area contributed by atoms with Crippen LogP contribution in [0.15, 0.2) is 35.4 Å². The Bertz CT molecular complexity index is 589. The Morgan fingerprint density at radius 1 is 1.50 bits per heavy atom. The van der Waals surface area contributed by atoms with Gasteiger partial charge in [0.05, 0.1) is 27.3 Å². The molecule has 0 aliphatic carbocycles. The maximum absolute atomic E-state index is 11.2. The van der Waals surface area contributed by atoms with Crippen LogP contribution in [0.25, 0.3) is 10.9 Å². The Hall–Kier alpha value is -1.66. The van der Waals surface area contributed by atoms with Crippen LogP contribution in [0.5, 0.6) is 0 Å². The van der Waals surface area contributed by atoms with Crippen LogP contribution in [0.3, 0.4) is 0 Å². The topological polar surface area (TPSA) is 76.3 Å². The number of aromatic nitrogens is 1. The molecule has 1 N–H and O–H groups in total. The first kappa shape index (κ1) is 12.8. The molecule has 1 aromatic carbocycles. The van der Waals surface area contributed by atoms with E-state index in [0.717, 1.165) is 0 Å². The predicted molar refractivity (Wildman–Crippen MR) is 70.8 cm³/mol. The van der Waals surface area contributed by atoms with Gasteiger partial charge in [-0.05, 0) is 24.3 Å².